The van der Waals surface area contributed by atoms with E-state index in [2.05, 4.69) is 50.0 Å². The number of aromatic nitrogens is 1. The highest BCUT2D eigenvalue weighted by Gasteiger charge is 2.20. The largest absolute Gasteiger partial charge is 0.265 e. The highest BCUT2D eigenvalue weighted by molar-refractivity contribution is 5.16. The lowest BCUT2D eigenvalue weighted by Gasteiger charge is -2.27. The molecule has 1 nitrogen and oxygen atoms in total. The molecule has 20 heavy (non-hydrogen) atoms. The molecule has 0 saturated heterocycles. The van der Waals surface area contributed by atoms with Crippen LogP contribution >= 0.6 is 0 Å². The van der Waals surface area contributed by atoms with Crippen molar-refractivity contribution in [2.24, 2.45) is 17.8 Å². The highest BCUT2D eigenvalue weighted by atomic mass is 14.6. The van der Waals surface area contributed by atoms with Crippen LogP contribution in [0, 0.1) is 17.8 Å². The zero-order valence-electron chi connectivity index (χ0n) is 13.3. The van der Waals surface area contributed by atoms with Gasteiger partial charge in [0.05, 0.1) is 0 Å². The summed E-state index contributed by atoms with van der Waals surface area (Å²) in [5.74, 6) is 3.05. The Balaban J connectivity index is 2.05. The van der Waals surface area contributed by atoms with Crippen molar-refractivity contribution >= 4 is 0 Å². The molecule has 1 aromatic heterocycles. The molecular weight excluding hydrogens is 242 g/mol. The molecule has 0 aromatic carbocycles. The molecule has 0 aliphatic heterocycles. The summed E-state index contributed by atoms with van der Waals surface area (Å²) in [6, 6.07) is 4.42. The second-order valence-electron chi connectivity index (χ2n) is 6.66. The Hall–Kier alpha value is -1.11. The van der Waals surface area contributed by atoms with Crippen molar-refractivity contribution in [1.82, 2.24) is 4.98 Å². The minimum absolute atomic E-state index is 0.691. The molecule has 0 saturated carbocycles. The molecule has 0 amide bonds. The van der Waals surface area contributed by atoms with E-state index in [9.17, 15) is 0 Å². The summed E-state index contributed by atoms with van der Waals surface area (Å²) in [5.41, 5.74) is 1.48. The fourth-order valence-electron chi connectivity index (χ4n) is 3.23. The van der Waals surface area contributed by atoms with Gasteiger partial charge in [0.1, 0.15) is 0 Å². The van der Waals surface area contributed by atoms with Crippen LogP contribution in [0.4, 0.5) is 0 Å². The molecule has 0 radical (unpaired) electrons. The first-order chi connectivity index (χ1) is 9.69. The monoisotopic (exact) mass is 271 g/mol. The van der Waals surface area contributed by atoms with E-state index >= 15 is 0 Å². The molecule has 4 unspecified atom stereocenters. The van der Waals surface area contributed by atoms with Gasteiger partial charge in [0.15, 0.2) is 0 Å². The maximum atomic E-state index is 4.17. The van der Waals surface area contributed by atoms with Crippen LogP contribution in [0.1, 0.15) is 64.4 Å². The summed E-state index contributed by atoms with van der Waals surface area (Å²) in [7, 11) is 0. The third-order valence-electron chi connectivity index (χ3n) is 4.85. The van der Waals surface area contributed by atoms with Gasteiger partial charge in [-0.05, 0) is 67.1 Å². The number of hydrogen-bond donors (Lipinski definition) is 0. The van der Waals surface area contributed by atoms with E-state index in [-0.39, 0.29) is 0 Å². The number of rotatable bonds is 6. The average molecular weight is 271 g/mol. The van der Waals surface area contributed by atoms with E-state index in [1.165, 1.54) is 37.7 Å². The maximum absolute atomic E-state index is 4.17. The molecular formula is C19H29N. The van der Waals surface area contributed by atoms with Gasteiger partial charge >= 0.3 is 0 Å². The lowest BCUT2D eigenvalue weighted by Crippen LogP contribution is -2.13. The van der Waals surface area contributed by atoms with Crippen molar-refractivity contribution in [2.45, 2.75) is 58.8 Å². The van der Waals surface area contributed by atoms with Crippen LogP contribution < -0.4 is 0 Å². The van der Waals surface area contributed by atoms with Crippen LogP contribution in [-0.2, 0) is 0 Å². The van der Waals surface area contributed by atoms with Crippen LogP contribution in [0.15, 0.2) is 36.7 Å². The Bertz CT molecular complexity index is 409. The SMILES string of the molecule is CCC(C)CC(CC1C=CC(C)CC1)c1ccncc1. The molecule has 1 heteroatoms. The van der Waals surface area contributed by atoms with Gasteiger partial charge in [-0.2, -0.15) is 0 Å². The van der Waals surface area contributed by atoms with Crippen molar-refractivity contribution < 1.29 is 0 Å². The molecule has 1 aliphatic rings. The van der Waals surface area contributed by atoms with Gasteiger partial charge in [0.2, 0.25) is 0 Å². The lowest BCUT2D eigenvalue weighted by atomic mass is 9.78. The Kier molecular flexibility index (Phi) is 5.82. The third-order valence-corrected chi connectivity index (χ3v) is 4.85. The van der Waals surface area contributed by atoms with Crippen LogP contribution in [0.3, 0.4) is 0 Å². The van der Waals surface area contributed by atoms with E-state index < -0.39 is 0 Å². The standard InChI is InChI=1S/C19H29N/c1-4-15(2)13-19(18-9-11-20-12-10-18)14-17-7-5-16(3)6-8-17/h5,7,9-12,15-17,19H,4,6,8,13-14H2,1-3H3. The highest BCUT2D eigenvalue weighted by Crippen LogP contribution is 2.35. The van der Waals surface area contributed by atoms with Crippen LogP contribution in [-0.4, -0.2) is 4.98 Å². The Morgan fingerprint density at radius 3 is 2.55 bits per heavy atom. The van der Waals surface area contributed by atoms with Crippen LogP contribution in [0.2, 0.25) is 0 Å². The van der Waals surface area contributed by atoms with Crippen molar-refractivity contribution in [3.05, 3.63) is 42.2 Å². The van der Waals surface area contributed by atoms with E-state index in [0.717, 1.165) is 17.8 Å². The first kappa shape index (κ1) is 15.3. The first-order valence-electron chi connectivity index (χ1n) is 8.27. The summed E-state index contributed by atoms with van der Waals surface area (Å²) in [4.78, 5) is 4.17. The van der Waals surface area contributed by atoms with E-state index in [0.29, 0.717) is 5.92 Å². The van der Waals surface area contributed by atoms with Crippen molar-refractivity contribution in [2.75, 3.05) is 0 Å². The van der Waals surface area contributed by atoms with Gasteiger partial charge in [-0.15, -0.1) is 0 Å². The molecule has 0 N–H and O–H groups in total. The van der Waals surface area contributed by atoms with Gasteiger partial charge in [-0.1, -0.05) is 39.3 Å². The van der Waals surface area contributed by atoms with Gasteiger partial charge in [-0.25, -0.2) is 0 Å². The quantitative estimate of drug-likeness (QED) is 0.614. The second kappa shape index (κ2) is 7.61. The van der Waals surface area contributed by atoms with Gasteiger partial charge in [0.25, 0.3) is 0 Å². The lowest BCUT2D eigenvalue weighted by molar-refractivity contribution is 0.372. The van der Waals surface area contributed by atoms with E-state index in [1.807, 2.05) is 12.4 Å². The number of hydrogen-bond acceptors (Lipinski definition) is 1. The Morgan fingerprint density at radius 2 is 1.95 bits per heavy atom. The summed E-state index contributed by atoms with van der Waals surface area (Å²) in [6.07, 6.45) is 15.4. The van der Waals surface area contributed by atoms with Crippen molar-refractivity contribution in [1.29, 1.82) is 0 Å². The fraction of sp³-hybridized carbons (Fsp3) is 0.632. The smallest absolute Gasteiger partial charge is 0.0270 e. The van der Waals surface area contributed by atoms with Gasteiger partial charge in [0, 0.05) is 12.4 Å². The van der Waals surface area contributed by atoms with Crippen LogP contribution in [0.25, 0.3) is 0 Å². The number of allylic oxidation sites excluding steroid dienone is 2. The molecule has 0 fully saturated rings. The molecule has 2 rings (SSSR count). The number of nitrogens with zero attached hydrogens (tertiary/aromatic N) is 1. The maximum Gasteiger partial charge on any atom is 0.0270 e. The molecule has 1 aliphatic carbocycles. The molecule has 1 aromatic rings. The summed E-state index contributed by atoms with van der Waals surface area (Å²) < 4.78 is 0. The third kappa shape index (κ3) is 4.47. The number of pyridine rings is 1. The first-order valence-corrected chi connectivity index (χ1v) is 8.27. The Labute approximate surface area is 124 Å². The normalized spacial score (nSPS) is 25.4. The average Bonchev–Trinajstić information content (AvgIpc) is 2.49. The minimum Gasteiger partial charge on any atom is -0.265 e. The zero-order valence-corrected chi connectivity index (χ0v) is 13.3. The molecule has 4 atom stereocenters. The predicted molar refractivity (Wildman–Crippen MR) is 86.7 cm³/mol. The van der Waals surface area contributed by atoms with Crippen LogP contribution in [0.5, 0.6) is 0 Å². The molecule has 1 heterocycles. The van der Waals surface area contributed by atoms with Gasteiger partial charge < -0.3 is 0 Å². The fourth-order valence-corrected chi connectivity index (χ4v) is 3.23. The van der Waals surface area contributed by atoms with Crippen molar-refractivity contribution in [3.63, 3.8) is 0 Å². The second-order valence-corrected chi connectivity index (χ2v) is 6.66. The van der Waals surface area contributed by atoms with E-state index in [4.69, 9.17) is 0 Å². The zero-order chi connectivity index (χ0) is 14.4. The molecule has 0 spiro atoms. The summed E-state index contributed by atoms with van der Waals surface area (Å²) in [6.45, 7) is 7.01. The summed E-state index contributed by atoms with van der Waals surface area (Å²) >= 11 is 0. The summed E-state index contributed by atoms with van der Waals surface area (Å²) in [5, 5.41) is 0. The van der Waals surface area contributed by atoms with Crippen molar-refractivity contribution in [3.8, 4) is 0 Å². The van der Waals surface area contributed by atoms with Gasteiger partial charge in [-0.3, -0.25) is 4.98 Å². The predicted octanol–water partition coefficient (Wildman–Crippen LogP) is 5.59. The topological polar surface area (TPSA) is 12.9 Å². The van der Waals surface area contributed by atoms with E-state index in [1.54, 1.807) is 0 Å². The minimum atomic E-state index is 0.691. The Morgan fingerprint density at radius 1 is 1.20 bits per heavy atom. The molecule has 110 valence electrons. The molecule has 0 bridgehead atoms.